The zero-order chi connectivity index (χ0) is 20.1. The maximum absolute atomic E-state index is 12.1. The average molecular weight is 397 g/mol. The smallest absolute Gasteiger partial charge is 0.269 e. The van der Waals surface area contributed by atoms with Crippen LogP contribution in [-0.4, -0.2) is 22.4 Å². The number of non-ortho nitro benzene ring substituents is 1. The molecular formula is C20H19N3O4S. The summed E-state index contributed by atoms with van der Waals surface area (Å²) in [5.74, 6) is 0.362. The fourth-order valence-corrected chi connectivity index (χ4v) is 3.59. The normalized spacial score (nSPS) is 10.5. The molecule has 0 saturated heterocycles. The molecule has 0 spiro atoms. The Labute approximate surface area is 166 Å². The van der Waals surface area contributed by atoms with Crippen molar-refractivity contribution in [3.8, 4) is 5.75 Å². The van der Waals surface area contributed by atoms with E-state index >= 15 is 0 Å². The van der Waals surface area contributed by atoms with E-state index in [0.717, 1.165) is 21.7 Å². The minimum atomic E-state index is -0.422. The molecule has 2 aromatic carbocycles. The van der Waals surface area contributed by atoms with Gasteiger partial charge in [-0.15, -0.1) is 11.3 Å². The van der Waals surface area contributed by atoms with Gasteiger partial charge in [-0.25, -0.2) is 4.98 Å². The zero-order valence-corrected chi connectivity index (χ0v) is 16.3. The van der Waals surface area contributed by atoms with Gasteiger partial charge in [0.2, 0.25) is 0 Å². The van der Waals surface area contributed by atoms with Crippen molar-refractivity contribution in [3.63, 3.8) is 0 Å². The number of carbonyl (C=O) groups is 1. The zero-order valence-electron chi connectivity index (χ0n) is 15.5. The molecule has 1 N–H and O–H groups in total. The van der Waals surface area contributed by atoms with E-state index in [1.165, 1.54) is 23.5 Å². The number of rotatable bonds is 7. The number of nitrogens with one attached hydrogen (secondary N) is 1. The van der Waals surface area contributed by atoms with Gasteiger partial charge in [-0.3, -0.25) is 20.2 Å². The molecule has 0 aliphatic heterocycles. The number of benzene rings is 2. The number of hydrogen-bond acceptors (Lipinski definition) is 6. The van der Waals surface area contributed by atoms with Gasteiger partial charge in [0.25, 0.3) is 11.6 Å². The van der Waals surface area contributed by atoms with Crippen LogP contribution < -0.4 is 10.1 Å². The Bertz CT molecular complexity index is 999. The van der Waals surface area contributed by atoms with Crippen molar-refractivity contribution >= 4 is 28.1 Å². The van der Waals surface area contributed by atoms with E-state index in [1.807, 2.05) is 32.0 Å². The molecule has 0 fully saturated rings. The number of anilines is 1. The summed E-state index contributed by atoms with van der Waals surface area (Å²) in [5.41, 5.74) is 2.88. The fourth-order valence-electron chi connectivity index (χ4n) is 2.58. The summed E-state index contributed by atoms with van der Waals surface area (Å²) >= 11 is 1.38. The Balaban J connectivity index is 1.58. The predicted octanol–water partition coefficient (Wildman–Crippen LogP) is 4.28. The lowest BCUT2D eigenvalue weighted by atomic mass is 10.1. The highest BCUT2D eigenvalue weighted by Crippen LogP contribution is 2.26. The van der Waals surface area contributed by atoms with E-state index in [2.05, 4.69) is 10.3 Å². The molecule has 8 heteroatoms. The molecule has 0 aliphatic carbocycles. The van der Waals surface area contributed by atoms with Crippen molar-refractivity contribution in [2.75, 3.05) is 11.9 Å². The number of aryl methyl sites for hydroxylation is 2. The minimum Gasteiger partial charge on any atom is -0.484 e. The van der Waals surface area contributed by atoms with Crippen LogP contribution >= 0.6 is 11.3 Å². The molecule has 1 aromatic heterocycles. The highest BCUT2D eigenvalue weighted by atomic mass is 32.1. The van der Waals surface area contributed by atoms with Gasteiger partial charge in [0, 0.05) is 23.4 Å². The first-order valence-electron chi connectivity index (χ1n) is 8.59. The predicted molar refractivity (Wildman–Crippen MR) is 108 cm³/mol. The van der Waals surface area contributed by atoms with Crippen LogP contribution in [0.3, 0.4) is 0 Å². The number of carbonyl (C=O) groups excluding carboxylic acids is 1. The number of aromatic nitrogens is 1. The van der Waals surface area contributed by atoms with Gasteiger partial charge in [0.1, 0.15) is 5.75 Å². The van der Waals surface area contributed by atoms with E-state index in [-0.39, 0.29) is 18.2 Å². The van der Waals surface area contributed by atoms with Crippen LogP contribution in [0, 0.1) is 24.0 Å². The van der Waals surface area contributed by atoms with Crippen molar-refractivity contribution in [2.24, 2.45) is 0 Å². The Morgan fingerprint density at radius 2 is 1.96 bits per heavy atom. The highest BCUT2D eigenvalue weighted by molar-refractivity contribution is 7.15. The number of ether oxygens (including phenoxy) is 1. The molecule has 0 unspecified atom stereocenters. The fraction of sp³-hybridized carbons (Fsp3) is 0.200. The van der Waals surface area contributed by atoms with Gasteiger partial charge in [0.15, 0.2) is 11.7 Å². The third kappa shape index (κ3) is 5.14. The highest BCUT2D eigenvalue weighted by Gasteiger charge is 2.12. The van der Waals surface area contributed by atoms with Crippen LogP contribution in [0.2, 0.25) is 0 Å². The van der Waals surface area contributed by atoms with Gasteiger partial charge >= 0.3 is 0 Å². The van der Waals surface area contributed by atoms with Crippen LogP contribution in [0.5, 0.6) is 5.75 Å². The lowest BCUT2D eigenvalue weighted by molar-refractivity contribution is -0.384. The first-order chi connectivity index (χ1) is 13.4. The lowest BCUT2D eigenvalue weighted by Crippen LogP contribution is -2.20. The molecule has 1 amide bonds. The summed E-state index contributed by atoms with van der Waals surface area (Å²) in [7, 11) is 0. The quantitative estimate of drug-likeness (QED) is 0.474. The van der Waals surface area contributed by atoms with Crippen LogP contribution in [0.25, 0.3) is 0 Å². The molecule has 0 aliphatic rings. The molecular weight excluding hydrogens is 378 g/mol. The van der Waals surface area contributed by atoms with Gasteiger partial charge in [0.05, 0.1) is 10.6 Å². The van der Waals surface area contributed by atoms with Crippen LogP contribution in [0.15, 0.2) is 48.5 Å². The molecule has 0 radical (unpaired) electrons. The molecule has 3 rings (SSSR count). The second-order valence-electron chi connectivity index (χ2n) is 6.28. The Hall–Kier alpha value is -3.26. The SMILES string of the molecule is Cc1cccc(OCC(=O)Nc2nc(C)c(Cc3ccc([N+](=O)[O-])cc3)s2)c1. The van der Waals surface area contributed by atoms with Crippen molar-refractivity contribution in [3.05, 3.63) is 80.3 Å². The van der Waals surface area contributed by atoms with Crippen molar-refractivity contribution in [2.45, 2.75) is 20.3 Å². The number of nitrogens with zero attached hydrogens (tertiary/aromatic N) is 2. The molecule has 144 valence electrons. The topological polar surface area (TPSA) is 94.4 Å². The maximum atomic E-state index is 12.1. The summed E-state index contributed by atoms with van der Waals surface area (Å²) < 4.78 is 5.49. The summed E-state index contributed by atoms with van der Waals surface area (Å²) in [6, 6.07) is 13.9. The molecule has 1 heterocycles. The summed E-state index contributed by atoms with van der Waals surface area (Å²) in [4.78, 5) is 27.8. The second kappa shape index (κ2) is 8.62. The van der Waals surface area contributed by atoms with Crippen molar-refractivity contribution in [1.29, 1.82) is 0 Å². The number of nitro groups is 1. The molecule has 3 aromatic rings. The van der Waals surface area contributed by atoms with Gasteiger partial charge in [-0.1, -0.05) is 24.3 Å². The van der Waals surface area contributed by atoms with E-state index in [4.69, 9.17) is 4.74 Å². The number of nitro benzene ring substituents is 1. The molecule has 28 heavy (non-hydrogen) atoms. The van der Waals surface area contributed by atoms with E-state index in [9.17, 15) is 14.9 Å². The molecule has 0 saturated carbocycles. The molecule has 0 atom stereocenters. The van der Waals surface area contributed by atoms with E-state index in [1.54, 1.807) is 18.2 Å². The Morgan fingerprint density at radius 3 is 2.64 bits per heavy atom. The van der Waals surface area contributed by atoms with Crippen molar-refractivity contribution < 1.29 is 14.5 Å². The average Bonchev–Trinajstić information content (AvgIpc) is 2.99. The number of amides is 1. The van der Waals surface area contributed by atoms with Gasteiger partial charge in [-0.05, 0) is 37.1 Å². The standard InChI is InChI=1S/C20H19N3O4S/c1-13-4-3-5-17(10-13)27-12-19(24)22-20-21-14(2)18(28-20)11-15-6-8-16(9-7-15)23(25)26/h3-10H,11-12H2,1-2H3,(H,21,22,24). The van der Waals surface area contributed by atoms with Gasteiger partial charge < -0.3 is 4.74 Å². The summed E-state index contributed by atoms with van der Waals surface area (Å²) in [6.45, 7) is 3.73. The number of thiazole rings is 1. The second-order valence-corrected chi connectivity index (χ2v) is 7.36. The first-order valence-corrected chi connectivity index (χ1v) is 9.41. The summed E-state index contributed by atoms with van der Waals surface area (Å²) in [5, 5.41) is 14.0. The first kappa shape index (κ1) is 19.5. The third-order valence-corrected chi connectivity index (χ3v) is 5.08. The van der Waals surface area contributed by atoms with Crippen molar-refractivity contribution in [1.82, 2.24) is 4.98 Å². The Kier molecular flexibility index (Phi) is 6.00. The molecule has 7 nitrogen and oxygen atoms in total. The van der Waals surface area contributed by atoms with Crippen LogP contribution in [-0.2, 0) is 11.2 Å². The number of hydrogen-bond donors (Lipinski definition) is 1. The van der Waals surface area contributed by atoms with Crippen LogP contribution in [0.4, 0.5) is 10.8 Å². The summed E-state index contributed by atoms with van der Waals surface area (Å²) in [6.07, 6.45) is 0.594. The monoisotopic (exact) mass is 397 g/mol. The third-order valence-electron chi connectivity index (χ3n) is 4.01. The van der Waals surface area contributed by atoms with Crippen LogP contribution in [0.1, 0.15) is 21.7 Å². The lowest BCUT2D eigenvalue weighted by Gasteiger charge is -2.06. The molecule has 0 bridgehead atoms. The largest absolute Gasteiger partial charge is 0.484 e. The van der Waals surface area contributed by atoms with E-state index in [0.29, 0.717) is 17.3 Å². The Morgan fingerprint density at radius 1 is 1.21 bits per heavy atom. The van der Waals surface area contributed by atoms with E-state index < -0.39 is 4.92 Å². The minimum absolute atomic E-state index is 0.0614. The maximum Gasteiger partial charge on any atom is 0.269 e. The van der Waals surface area contributed by atoms with Gasteiger partial charge in [-0.2, -0.15) is 0 Å².